The minimum Gasteiger partial charge on any atom is -0.367 e. The highest BCUT2D eigenvalue weighted by Gasteiger charge is 2.47. The fourth-order valence-corrected chi connectivity index (χ4v) is 3.02. The third-order valence-corrected chi connectivity index (χ3v) is 3.85. The van der Waals surface area contributed by atoms with E-state index in [4.69, 9.17) is 10.5 Å². The Morgan fingerprint density at radius 2 is 2.16 bits per heavy atom. The zero-order chi connectivity index (χ0) is 14.3. The Morgan fingerprint density at radius 3 is 2.68 bits per heavy atom. The van der Waals surface area contributed by atoms with Crippen LogP contribution in [0.5, 0.6) is 0 Å². The van der Waals surface area contributed by atoms with Crippen molar-refractivity contribution in [3.8, 4) is 0 Å². The number of hydrogen-bond donors (Lipinski definition) is 1. The third-order valence-electron chi connectivity index (χ3n) is 3.85. The van der Waals surface area contributed by atoms with Crippen LogP contribution < -0.4 is 5.73 Å². The Bertz CT molecular complexity index is 438. The van der Waals surface area contributed by atoms with Crippen molar-refractivity contribution in [2.24, 2.45) is 5.73 Å². The van der Waals surface area contributed by atoms with Crippen LogP contribution in [0.4, 0.5) is 0 Å². The van der Waals surface area contributed by atoms with Gasteiger partial charge in [0.15, 0.2) is 0 Å². The fraction of sp³-hybridized carbons (Fsp3) is 0.857. The van der Waals surface area contributed by atoms with Crippen molar-refractivity contribution in [1.82, 2.24) is 15.0 Å². The summed E-state index contributed by atoms with van der Waals surface area (Å²) in [5.74, 6) is 0. The highest BCUT2D eigenvalue weighted by Crippen LogP contribution is 2.44. The standard InChI is InChI=1S/C14H26N4O/c1-6-7-10(15)11-9-18(17-16-11)12-8-13(2,3)19-14(12,4)5/h9-10,12H,6-8,15H2,1-5H3. The molecule has 2 atom stereocenters. The lowest BCUT2D eigenvalue weighted by Gasteiger charge is -2.26. The van der Waals surface area contributed by atoms with Crippen molar-refractivity contribution < 1.29 is 4.74 Å². The highest BCUT2D eigenvalue weighted by atomic mass is 16.5. The molecule has 1 aliphatic rings. The zero-order valence-electron chi connectivity index (χ0n) is 12.7. The van der Waals surface area contributed by atoms with Crippen molar-refractivity contribution in [2.75, 3.05) is 0 Å². The van der Waals surface area contributed by atoms with E-state index in [0.29, 0.717) is 0 Å². The van der Waals surface area contributed by atoms with E-state index in [1.807, 2.05) is 10.9 Å². The maximum Gasteiger partial charge on any atom is 0.0994 e. The van der Waals surface area contributed by atoms with Crippen LogP contribution >= 0.6 is 0 Å². The molecule has 1 saturated heterocycles. The van der Waals surface area contributed by atoms with Crippen molar-refractivity contribution >= 4 is 0 Å². The van der Waals surface area contributed by atoms with Crippen molar-refractivity contribution in [2.45, 2.75) is 77.2 Å². The van der Waals surface area contributed by atoms with Gasteiger partial charge in [-0.05, 0) is 34.1 Å². The van der Waals surface area contributed by atoms with E-state index in [2.05, 4.69) is 44.9 Å². The van der Waals surface area contributed by atoms with Crippen LogP contribution in [0, 0.1) is 0 Å². The summed E-state index contributed by atoms with van der Waals surface area (Å²) in [5, 5.41) is 8.49. The van der Waals surface area contributed by atoms with Gasteiger partial charge >= 0.3 is 0 Å². The van der Waals surface area contributed by atoms with Crippen LogP contribution in [0.1, 0.15) is 71.7 Å². The van der Waals surface area contributed by atoms with E-state index in [0.717, 1.165) is 25.0 Å². The number of hydrogen-bond acceptors (Lipinski definition) is 4. The van der Waals surface area contributed by atoms with Gasteiger partial charge in [-0.1, -0.05) is 18.6 Å². The lowest BCUT2D eigenvalue weighted by atomic mass is 9.94. The van der Waals surface area contributed by atoms with Crippen LogP contribution in [-0.2, 0) is 4.74 Å². The second kappa shape index (κ2) is 4.87. The first-order chi connectivity index (χ1) is 8.75. The molecular formula is C14H26N4O. The normalized spacial score (nSPS) is 26.5. The molecule has 2 rings (SSSR count). The molecule has 0 saturated carbocycles. The first-order valence-corrected chi connectivity index (χ1v) is 7.12. The molecule has 0 spiro atoms. The van der Waals surface area contributed by atoms with E-state index in [1.54, 1.807) is 0 Å². The Kier molecular flexibility index (Phi) is 3.71. The van der Waals surface area contributed by atoms with E-state index < -0.39 is 0 Å². The summed E-state index contributed by atoms with van der Waals surface area (Å²) < 4.78 is 8.03. The molecule has 0 amide bonds. The van der Waals surface area contributed by atoms with Crippen molar-refractivity contribution in [3.63, 3.8) is 0 Å². The maximum absolute atomic E-state index is 6.10. The van der Waals surface area contributed by atoms with Crippen molar-refractivity contribution in [1.29, 1.82) is 0 Å². The molecule has 2 N–H and O–H groups in total. The molecule has 5 nitrogen and oxygen atoms in total. The Hall–Kier alpha value is -0.940. The smallest absolute Gasteiger partial charge is 0.0994 e. The molecule has 0 aliphatic carbocycles. The topological polar surface area (TPSA) is 66.0 Å². The van der Waals surface area contributed by atoms with Gasteiger partial charge in [-0.2, -0.15) is 0 Å². The van der Waals surface area contributed by atoms with Crippen molar-refractivity contribution in [3.05, 3.63) is 11.9 Å². The fourth-order valence-electron chi connectivity index (χ4n) is 3.02. The summed E-state index contributed by atoms with van der Waals surface area (Å²) in [6.07, 6.45) is 4.91. The summed E-state index contributed by atoms with van der Waals surface area (Å²) >= 11 is 0. The van der Waals surface area contributed by atoms with Gasteiger partial charge in [0.05, 0.1) is 35.2 Å². The minimum absolute atomic E-state index is 0.0165. The van der Waals surface area contributed by atoms with Gasteiger partial charge in [-0.15, -0.1) is 5.10 Å². The van der Waals surface area contributed by atoms with Crippen LogP contribution in [0.25, 0.3) is 0 Å². The predicted octanol–water partition coefficient (Wildman–Crippen LogP) is 2.60. The summed E-state index contributed by atoms with van der Waals surface area (Å²) in [7, 11) is 0. The van der Waals surface area contributed by atoms with Gasteiger partial charge in [0.25, 0.3) is 0 Å². The minimum atomic E-state index is -0.233. The maximum atomic E-state index is 6.10. The number of ether oxygens (including phenoxy) is 1. The molecule has 1 fully saturated rings. The molecule has 2 unspecified atom stereocenters. The second-order valence-corrected chi connectivity index (χ2v) is 6.70. The van der Waals surface area contributed by atoms with Crippen LogP contribution in [-0.4, -0.2) is 26.2 Å². The first-order valence-electron chi connectivity index (χ1n) is 7.12. The summed E-state index contributed by atoms with van der Waals surface area (Å²) in [6.45, 7) is 10.6. The summed E-state index contributed by atoms with van der Waals surface area (Å²) in [5.41, 5.74) is 6.62. The number of aromatic nitrogens is 3. The average molecular weight is 266 g/mol. The van der Waals surface area contributed by atoms with Crippen LogP contribution in [0.2, 0.25) is 0 Å². The van der Waals surface area contributed by atoms with Gasteiger partial charge in [0.1, 0.15) is 0 Å². The molecule has 108 valence electrons. The lowest BCUT2D eigenvalue weighted by molar-refractivity contribution is -0.0738. The molecule has 0 radical (unpaired) electrons. The largest absolute Gasteiger partial charge is 0.367 e. The molecule has 0 aromatic carbocycles. The Labute approximate surface area is 115 Å². The van der Waals surface area contributed by atoms with Gasteiger partial charge in [-0.25, -0.2) is 4.68 Å². The molecule has 1 aliphatic heterocycles. The monoisotopic (exact) mass is 266 g/mol. The molecule has 0 bridgehead atoms. The Balaban J connectivity index is 2.19. The average Bonchev–Trinajstić information content (AvgIpc) is 2.80. The van der Waals surface area contributed by atoms with Gasteiger partial charge in [-0.3, -0.25) is 0 Å². The molecule has 19 heavy (non-hydrogen) atoms. The quantitative estimate of drug-likeness (QED) is 0.909. The zero-order valence-corrected chi connectivity index (χ0v) is 12.7. The van der Waals surface area contributed by atoms with Gasteiger partial charge in [0, 0.05) is 6.42 Å². The highest BCUT2D eigenvalue weighted by molar-refractivity contribution is 5.04. The molecular weight excluding hydrogens is 240 g/mol. The molecule has 2 heterocycles. The number of nitrogens with two attached hydrogens (primary N) is 1. The second-order valence-electron chi connectivity index (χ2n) is 6.70. The number of rotatable bonds is 4. The Morgan fingerprint density at radius 1 is 1.47 bits per heavy atom. The first kappa shape index (κ1) is 14.5. The SMILES string of the molecule is CCCC(N)c1cn(C2CC(C)(C)OC2(C)C)nn1. The number of nitrogens with zero attached hydrogens (tertiary/aromatic N) is 3. The van der Waals surface area contributed by atoms with E-state index in [9.17, 15) is 0 Å². The van der Waals surface area contributed by atoms with E-state index in [1.165, 1.54) is 0 Å². The predicted molar refractivity (Wildman–Crippen MR) is 74.8 cm³/mol. The van der Waals surface area contributed by atoms with Gasteiger partial charge < -0.3 is 10.5 Å². The molecule has 1 aromatic rings. The molecule has 1 aromatic heterocycles. The van der Waals surface area contributed by atoms with Gasteiger partial charge in [0.2, 0.25) is 0 Å². The summed E-state index contributed by atoms with van der Waals surface area (Å²) in [6, 6.07) is 0.190. The van der Waals surface area contributed by atoms with E-state index >= 15 is 0 Å². The summed E-state index contributed by atoms with van der Waals surface area (Å²) in [4.78, 5) is 0. The third kappa shape index (κ3) is 2.98. The van der Waals surface area contributed by atoms with Crippen LogP contribution in [0.15, 0.2) is 6.20 Å². The van der Waals surface area contributed by atoms with Crippen LogP contribution in [0.3, 0.4) is 0 Å². The van der Waals surface area contributed by atoms with E-state index in [-0.39, 0.29) is 23.3 Å². The lowest BCUT2D eigenvalue weighted by Crippen LogP contribution is -2.31. The molecule has 5 heteroatoms.